The monoisotopic (exact) mass is 467 g/mol. The zero-order chi connectivity index (χ0) is 24.1. The van der Waals surface area contributed by atoms with Gasteiger partial charge in [-0.15, -0.1) is 0 Å². The fourth-order valence-corrected chi connectivity index (χ4v) is 4.69. The average Bonchev–Trinajstić information content (AvgIpc) is 2.88. The van der Waals surface area contributed by atoms with Crippen molar-refractivity contribution in [3.63, 3.8) is 0 Å². The molecular weight excluding hydrogens is 434 g/mol. The van der Waals surface area contributed by atoms with E-state index in [0.717, 1.165) is 24.1 Å². The minimum Gasteiger partial charge on any atom is -0.493 e. The van der Waals surface area contributed by atoms with Crippen LogP contribution in [-0.4, -0.2) is 93.7 Å². The van der Waals surface area contributed by atoms with Crippen LogP contribution in [0.2, 0.25) is 0 Å². The van der Waals surface area contributed by atoms with E-state index in [0.29, 0.717) is 37.8 Å². The first-order chi connectivity index (χ1) is 16.5. The summed E-state index contributed by atoms with van der Waals surface area (Å²) in [6.45, 7) is 3.26. The van der Waals surface area contributed by atoms with Crippen molar-refractivity contribution in [1.82, 2.24) is 14.7 Å². The number of morpholine rings is 1. The molecule has 0 unspecified atom stereocenters. The SMILES string of the molecule is COc1cc2c(cc1OC)[C@H](c1ccccc1)N(CC(=O)N(C)CC(=O)N1CCOCC1)CC2. The number of benzene rings is 2. The minimum absolute atomic E-state index is 0.0421. The molecule has 1 fully saturated rings. The second-order valence-corrected chi connectivity index (χ2v) is 8.68. The summed E-state index contributed by atoms with van der Waals surface area (Å²) in [4.78, 5) is 31.3. The van der Waals surface area contributed by atoms with Crippen molar-refractivity contribution in [2.75, 3.05) is 67.2 Å². The van der Waals surface area contributed by atoms with Gasteiger partial charge in [0.1, 0.15) is 0 Å². The van der Waals surface area contributed by atoms with Gasteiger partial charge < -0.3 is 24.0 Å². The molecule has 8 heteroatoms. The normalized spacial score (nSPS) is 18.2. The Bertz CT molecular complexity index is 1010. The van der Waals surface area contributed by atoms with Crippen LogP contribution in [-0.2, 0) is 20.7 Å². The first-order valence-corrected chi connectivity index (χ1v) is 11.6. The standard InChI is InChI=1S/C26H33N3O5/c1-27(17-25(31)28-11-13-34-14-12-28)24(30)18-29-10-9-20-15-22(32-2)23(33-3)16-21(20)26(29)19-7-5-4-6-8-19/h4-8,15-16,26H,9-14,17-18H2,1-3H3/t26-/m0/s1. The average molecular weight is 468 g/mol. The maximum Gasteiger partial charge on any atom is 0.242 e. The Morgan fingerprint density at radius 1 is 1.03 bits per heavy atom. The number of ether oxygens (including phenoxy) is 3. The zero-order valence-electron chi connectivity index (χ0n) is 20.2. The van der Waals surface area contributed by atoms with E-state index in [1.165, 1.54) is 10.5 Å². The van der Waals surface area contributed by atoms with Crippen molar-refractivity contribution < 1.29 is 23.8 Å². The van der Waals surface area contributed by atoms with E-state index < -0.39 is 0 Å². The number of hydrogen-bond donors (Lipinski definition) is 0. The summed E-state index contributed by atoms with van der Waals surface area (Å²) in [6.07, 6.45) is 0.794. The van der Waals surface area contributed by atoms with Crippen molar-refractivity contribution in [1.29, 1.82) is 0 Å². The highest BCUT2D eigenvalue weighted by Gasteiger charge is 2.32. The first kappa shape index (κ1) is 24.0. The lowest BCUT2D eigenvalue weighted by molar-refractivity contribution is -0.142. The molecule has 0 N–H and O–H groups in total. The molecule has 4 rings (SSSR count). The molecule has 8 nitrogen and oxygen atoms in total. The minimum atomic E-state index is -0.1000. The molecule has 2 aliphatic rings. The molecule has 2 amide bonds. The number of carbonyl (C=O) groups excluding carboxylic acids is 2. The van der Waals surface area contributed by atoms with Crippen LogP contribution in [0.1, 0.15) is 22.7 Å². The number of likely N-dealkylation sites (N-methyl/N-ethyl adjacent to an activating group) is 1. The zero-order valence-corrected chi connectivity index (χ0v) is 20.2. The van der Waals surface area contributed by atoms with Crippen LogP contribution in [0.3, 0.4) is 0 Å². The van der Waals surface area contributed by atoms with Gasteiger partial charge in [0.2, 0.25) is 11.8 Å². The van der Waals surface area contributed by atoms with Crippen molar-refractivity contribution in [2.24, 2.45) is 0 Å². The van der Waals surface area contributed by atoms with E-state index in [1.54, 1.807) is 26.2 Å². The van der Waals surface area contributed by atoms with Gasteiger partial charge in [-0.05, 0) is 35.2 Å². The van der Waals surface area contributed by atoms with Crippen LogP contribution in [0.15, 0.2) is 42.5 Å². The van der Waals surface area contributed by atoms with Crippen molar-refractivity contribution in [2.45, 2.75) is 12.5 Å². The molecular formula is C26H33N3O5. The maximum atomic E-state index is 13.2. The second kappa shape index (κ2) is 10.9. The highest BCUT2D eigenvalue weighted by molar-refractivity contribution is 5.85. The molecule has 0 saturated carbocycles. The lowest BCUT2D eigenvalue weighted by Gasteiger charge is -2.38. The summed E-state index contributed by atoms with van der Waals surface area (Å²) < 4.78 is 16.4. The third kappa shape index (κ3) is 5.18. The third-order valence-electron chi connectivity index (χ3n) is 6.59. The van der Waals surface area contributed by atoms with Gasteiger partial charge in [-0.2, -0.15) is 0 Å². The highest BCUT2D eigenvalue weighted by atomic mass is 16.5. The van der Waals surface area contributed by atoms with Gasteiger partial charge in [0.15, 0.2) is 11.5 Å². The smallest absolute Gasteiger partial charge is 0.242 e. The Morgan fingerprint density at radius 2 is 1.71 bits per heavy atom. The van der Waals surface area contributed by atoms with Crippen LogP contribution in [0.5, 0.6) is 11.5 Å². The topological polar surface area (TPSA) is 71.6 Å². The molecule has 1 atom stereocenters. The van der Waals surface area contributed by atoms with Crippen molar-refractivity contribution in [3.05, 3.63) is 59.2 Å². The molecule has 1 saturated heterocycles. The molecule has 2 aromatic rings. The predicted molar refractivity (Wildman–Crippen MR) is 128 cm³/mol. The predicted octanol–water partition coefficient (Wildman–Crippen LogP) is 1.97. The Kier molecular flexibility index (Phi) is 7.70. The molecule has 2 heterocycles. The summed E-state index contributed by atoms with van der Waals surface area (Å²) in [5.74, 6) is 1.26. The van der Waals surface area contributed by atoms with Crippen LogP contribution < -0.4 is 9.47 Å². The Labute approximate surface area is 201 Å². The summed E-state index contributed by atoms with van der Waals surface area (Å²) in [5, 5.41) is 0. The van der Waals surface area contributed by atoms with Gasteiger partial charge in [0.05, 0.1) is 46.6 Å². The lowest BCUT2D eigenvalue weighted by atomic mass is 9.87. The van der Waals surface area contributed by atoms with Crippen LogP contribution in [0.25, 0.3) is 0 Å². The molecule has 0 spiro atoms. The number of nitrogens with zero attached hydrogens (tertiary/aromatic N) is 3. The van der Waals surface area contributed by atoms with Crippen LogP contribution in [0, 0.1) is 0 Å². The fraction of sp³-hybridized carbons (Fsp3) is 0.462. The number of carbonyl (C=O) groups is 2. The molecule has 182 valence electrons. The summed E-state index contributed by atoms with van der Waals surface area (Å²) in [5.41, 5.74) is 3.40. The maximum absolute atomic E-state index is 13.2. The summed E-state index contributed by atoms with van der Waals surface area (Å²) in [6, 6.07) is 14.1. The van der Waals surface area contributed by atoms with E-state index in [-0.39, 0.29) is 30.9 Å². The van der Waals surface area contributed by atoms with E-state index in [9.17, 15) is 9.59 Å². The number of hydrogen-bond acceptors (Lipinski definition) is 6. The number of amides is 2. The van der Waals surface area contributed by atoms with Gasteiger partial charge in [-0.25, -0.2) is 0 Å². The second-order valence-electron chi connectivity index (χ2n) is 8.68. The molecule has 0 aliphatic carbocycles. The molecule has 2 aromatic carbocycles. The Balaban J connectivity index is 1.55. The Hall–Kier alpha value is -3.10. The van der Waals surface area contributed by atoms with E-state index in [1.807, 2.05) is 30.3 Å². The molecule has 2 aliphatic heterocycles. The molecule has 0 aromatic heterocycles. The Morgan fingerprint density at radius 3 is 2.38 bits per heavy atom. The number of rotatable bonds is 7. The summed E-state index contributed by atoms with van der Waals surface area (Å²) >= 11 is 0. The number of fused-ring (bicyclic) bond motifs is 1. The van der Waals surface area contributed by atoms with Gasteiger partial charge in [0, 0.05) is 26.7 Å². The summed E-state index contributed by atoms with van der Waals surface area (Å²) in [7, 11) is 4.97. The largest absolute Gasteiger partial charge is 0.493 e. The van der Waals surface area contributed by atoms with Crippen molar-refractivity contribution >= 4 is 11.8 Å². The van der Waals surface area contributed by atoms with Gasteiger partial charge in [-0.1, -0.05) is 30.3 Å². The van der Waals surface area contributed by atoms with E-state index in [2.05, 4.69) is 17.0 Å². The van der Waals surface area contributed by atoms with E-state index >= 15 is 0 Å². The lowest BCUT2D eigenvalue weighted by Crippen LogP contribution is -2.48. The van der Waals surface area contributed by atoms with Gasteiger partial charge in [0.25, 0.3) is 0 Å². The van der Waals surface area contributed by atoms with Gasteiger partial charge in [-0.3, -0.25) is 14.5 Å². The third-order valence-corrected chi connectivity index (χ3v) is 6.59. The first-order valence-electron chi connectivity index (χ1n) is 11.6. The fourth-order valence-electron chi connectivity index (χ4n) is 4.69. The van der Waals surface area contributed by atoms with Crippen molar-refractivity contribution in [3.8, 4) is 11.5 Å². The molecule has 0 bridgehead atoms. The molecule has 34 heavy (non-hydrogen) atoms. The highest BCUT2D eigenvalue weighted by Crippen LogP contribution is 2.40. The van der Waals surface area contributed by atoms with Crippen LogP contribution in [0.4, 0.5) is 0 Å². The quantitative estimate of drug-likeness (QED) is 0.620. The molecule has 0 radical (unpaired) electrons. The van der Waals surface area contributed by atoms with Gasteiger partial charge >= 0.3 is 0 Å². The van der Waals surface area contributed by atoms with Crippen LogP contribution >= 0.6 is 0 Å². The number of methoxy groups -OCH3 is 2. The van der Waals surface area contributed by atoms with E-state index in [4.69, 9.17) is 14.2 Å².